The van der Waals surface area contributed by atoms with Gasteiger partial charge in [0, 0.05) is 5.92 Å². The summed E-state index contributed by atoms with van der Waals surface area (Å²) in [7, 11) is 0. The van der Waals surface area contributed by atoms with E-state index in [0.717, 1.165) is 24.0 Å². The van der Waals surface area contributed by atoms with Crippen molar-refractivity contribution in [1.29, 1.82) is 0 Å². The van der Waals surface area contributed by atoms with Crippen LogP contribution in [0.1, 0.15) is 24.8 Å². The summed E-state index contributed by atoms with van der Waals surface area (Å²) in [5.74, 6) is -0.210. The molecule has 1 aromatic carbocycles. The number of carbonyl (C=O) groups is 2. The van der Waals surface area contributed by atoms with Crippen molar-refractivity contribution >= 4 is 12.0 Å². The van der Waals surface area contributed by atoms with E-state index >= 15 is 0 Å². The highest BCUT2D eigenvalue weighted by Gasteiger charge is 2.41. The maximum absolute atomic E-state index is 12.6. The number of cyclic esters (lactones) is 1. The summed E-state index contributed by atoms with van der Waals surface area (Å²) in [6.07, 6.45) is 2.51. The summed E-state index contributed by atoms with van der Waals surface area (Å²) in [4.78, 5) is 25.8. The van der Waals surface area contributed by atoms with Crippen LogP contribution in [0.15, 0.2) is 42.5 Å². The van der Waals surface area contributed by atoms with E-state index in [2.05, 4.69) is 6.58 Å². The van der Waals surface area contributed by atoms with Crippen molar-refractivity contribution < 1.29 is 14.3 Å². The molecule has 1 saturated carbocycles. The van der Waals surface area contributed by atoms with Gasteiger partial charge in [-0.25, -0.2) is 9.69 Å². The first-order valence-electron chi connectivity index (χ1n) is 7.35. The van der Waals surface area contributed by atoms with Gasteiger partial charge in [0.15, 0.2) is 0 Å². The second-order valence-corrected chi connectivity index (χ2v) is 5.82. The minimum Gasteiger partial charge on any atom is -0.447 e. The van der Waals surface area contributed by atoms with Gasteiger partial charge in [0.2, 0.25) is 5.91 Å². The van der Waals surface area contributed by atoms with E-state index in [1.165, 1.54) is 4.90 Å². The Hall–Kier alpha value is -2.10. The van der Waals surface area contributed by atoms with E-state index in [1.54, 1.807) is 0 Å². The minimum absolute atomic E-state index is 0.0999. The van der Waals surface area contributed by atoms with Gasteiger partial charge in [-0.3, -0.25) is 4.79 Å². The van der Waals surface area contributed by atoms with E-state index in [4.69, 9.17) is 4.74 Å². The Morgan fingerprint density at radius 1 is 1.33 bits per heavy atom. The van der Waals surface area contributed by atoms with E-state index in [0.29, 0.717) is 12.8 Å². The Kier molecular flexibility index (Phi) is 3.78. The molecule has 0 N–H and O–H groups in total. The molecule has 4 heteroatoms. The first-order chi connectivity index (χ1) is 10.1. The monoisotopic (exact) mass is 285 g/mol. The Labute approximate surface area is 124 Å². The average molecular weight is 285 g/mol. The third-order valence-electron chi connectivity index (χ3n) is 4.24. The third-order valence-corrected chi connectivity index (χ3v) is 4.24. The number of hydrogen-bond donors (Lipinski definition) is 0. The largest absolute Gasteiger partial charge is 0.447 e. The summed E-state index contributed by atoms with van der Waals surface area (Å²) >= 11 is 0. The van der Waals surface area contributed by atoms with Crippen LogP contribution >= 0.6 is 0 Å². The number of carbonyl (C=O) groups excluding carboxylic acids is 2. The predicted octanol–water partition coefficient (Wildman–Crippen LogP) is 2.93. The smallest absolute Gasteiger partial charge is 0.416 e. The number of allylic oxidation sites excluding steroid dienone is 1. The molecular formula is C17H19NO3. The van der Waals surface area contributed by atoms with Crippen LogP contribution < -0.4 is 0 Å². The Bertz CT molecular complexity index is 567. The molecular weight excluding hydrogens is 266 g/mol. The quantitative estimate of drug-likeness (QED) is 0.802. The number of rotatable bonds is 3. The highest BCUT2D eigenvalue weighted by Crippen LogP contribution is 2.32. The lowest BCUT2D eigenvalue weighted by Crippen LogP contribution is -2.43. The summed E-state index contributed by atoms with van der Waals surface area (Å²) in [5.41, 5.74) is 2.20. The average Bonchev–Trinajstić information content (AvgIpc) is 3.06. The van der Waals surface area contributed by atoms with Crippen LogP contribution in [-0.2, 0) is 16.0 Å². The summed E-state index contributed by atoms with van der Waals surface area (Å²) in [5, 5.41) is 0. The lowest BCUT2D eigenvalue weighted by molar-refractivity contribution is -0.133. The zero-order valence-corrected chi connectivity index (χ0v) is 12.0. The van der Waals surface area contributed by atoms with Crippen LogP contribution in [0.5, 0.6) is 0 Å². The van der Waals surface area contributed by atoms with Crippen molar-refractivity contribution in [1.82, 2.24) is 4.90 Å². The van der Waals surface area contributed by atoms with Crippen molar-refractivity contribution in [2.45, 2.75) is 31.7 Å². The Morgan fingerprint density at radius 2 is 2.10 bits per heavy atom. The Balaban J connectivity index is 1.73. The van der Waals surface area contributed by atoms with Gasteiger partial charge in [0.1, 0.15) is 6.61 Å². The topological polar surface area (TPSA) is 46.6 Å². The van der Waals surface area contributed by atoms with Crippen LogP contribution in [0.2, 0.25) is 0 Å². The van der Waals surface area contributed by atoms with E-state index in [1.807, 2.05) is 30.3 Å². The second-order valence-electron chi connectivity index (χ2n) is 5.82. The van der Waals surface area contributed by atoms with Gasteiger partial charge in [0.05, 0.1) is 6.04 Å². The molecule has 1 saturated heterocycles. The maximum atomic E-state index is 12.6. The zero-order valence-electron chi connectivity index (χ0n) is 12.0. The van der Waals surface area contributed by atoms with Crippen molar-refractivity contribution in [2.24, 2.45) is 5.92 Å². The lowest BCUT2D eigenvalue weighted by atomic mass is 10.0. The van der Waals surface area contributed by atoms with Gasteiger partial charge in [-0.15, -0.1) is 0 Å². The van der Waals surface area contributed by atoms with Crippen LogP contribution in [0, 0.1) is 5.92 Å². The molecule has 0 radical (unpaired) electrons. The molecule has 2 fully saturated rings. The van der Waals surface area contributed by atoms with Crippen molar-refractivity contribution in [3.8, 4) is 0 Å². The summed E-state index contributed by atoms with van der Waals surface area (Å²) in [6.45, 7) is 4.22. The van der Waals surface area contributed by atoms with Gasteiger partial charge in [-0.2, -0.15) is 0 Å². The van der Waals surface area contributed by atoms with E-state index in [-0.39, 0.29) is 24.5 Å². The molecule has 1 heterocycles. The molecule has 0 bridgehead atoms. The van der Waals surface area contributed by atoms with Gasteiger partial charge in [0.25, 0.3) is 0 Å². The van der Waals surface area contributed by atoms with Crippen molar-refractivity contribution in [2.75, 3.05) is 6.61 Å². The Morgan fingerprint density at radius 3 is 2.76 bits per heavy atom. The number of nitrogens with zero attached hydrogens (tertiary/aromatic N) is 1. The standard InChI is InChI=1S/C17H19NO3/c1-12-7-8-14(9-12)16(19)18-15(11-21-17(18)20)10-13-5-3-2-4-6-13/h2-6,14-15H,1,7-11H2. The molecule has 2 atom stereocenters. The highest BCUT2D eigenvalue weighted by molar-refractivity contribution is 5.95. The van der Waals surface area contributed by atoms with E-state index < -0.39 is 6.09 Å². The first kappa shape index (κ1) is 13.9. The highest BCUT2D eigenvalue weighted by atomic mass is 16.6. The number of ether oxygens (including phenoxy) is 1. The molecule has 0 spiro atoms. The maximum Gasteiger partial charge on any atom is 0.416 e. The zero-order chi connectivity index (χ0) is 14.8. The minimum atomic E-state index is -0.501. The SMILES string of the molecule is C=C1CCC(C(=O)N2C(=O)OCC2Cc2ccccc2)C1. The fraction of sp³-hybridized carbons (Fsp3) is 0.412. The molecule has 1 aliphatic heterocycles. The molecule has 3 rings (SSSR count). The molecule has 0 aromatic heterocycles. The molecule has 2 unspecified atom stereocenters. The van der Waals surface area contributed by atoms with Gasteiger partial charge in [-0.1, -0.05) is 42.5 Å². The van der Waals surface area contributed by atoms with E-state index in [9.17, 15) is 9.59 Å². The number of benzene rings is 1. The summed E-state index contributed by atoms with van der Waals surface area (Å²) in [6, 6.07) is 9.68. The lowest BCUT2D eigenvalue weighted by Gasteiger charge is -2.22. The molecule has 1 aromatic rings. The van der Waals surface area contributed by atoms with Gasteiger partial charge >= 0.3 is 6.09 Å². The second kappa shape index (κ2) is 5.72. The molecule has 2 aliphatic rings. The molecule has 1 aliphatic carbocycles. The van der Waals surface area contributed by atoms with Crippen molar-refractivity contribution in [3.63, 3.8) is 0 Å². The normalized spacial score (nSPS) is 25.2. The molecule has 21 heavy (non-hydrogen) atoms. The third kappa shape index (κ3) is 2.84. The van der Waals surface area contributed by atoms with Crippen molar-refractivity contribution in [3.05, 3.63) is 48.0 Å². The predicted molar refractivity (Wildman–Crippen MR) is 78.6 cm³/mol. The van der Waals surface area contributed by atoms with Crippen LogP contribution in [-0.4, -0.2) is 29.5 Å². The summed E-state index contributed by atoms with van der Waals surface area (Å²) < 4.78 is 5.10. The van der Waals surface area contributed by atoms with Crippen LogP contribution in [0.25, 0.3) is 0 Å². The molecule has 110 valence electrons. The van der Waals surface area contributed by atoms with Gasteiger partial charge in [-0.05, 0) is 31.2 Å². The van der Waals surface area contributed by atoms with Crippen LogP contribution in [0.3, 0.4) is 0 Å². The fourth-order valence-corrected chi connectivity index (χ4v) is 3.11. The number of imide groups is 1. The molecule has 2 amide bonds. The fourth-order valence-electron chi connectivity index (χ4n) is 3.11. The molecule has 4 nitrogen and oxygen atoms in total. The van der Waals surface area contributed by atoms with Gasteiger partial charge < -0.3 is 4.74 Å². The first-order valence-corrected chi connectivity index (χ1v) is 7.35. The van der Waals surface area contributed by atoms with Crippen LogP contribution in [0.4, 0.5) is 4.79 Å². The number of hydrogen-bond acceptors (Lipinski definition) is 3. The number of amides is 2.